The van der Waals surface area contributed by atoms with Crippen LogP contribution >= 0.6 is 11.3 Å². The zero-order valence-electron chi connectivity index (χ0n) is 13.2. The lowest BCUT2D eigenvalue weighted by atomic mass is 10.1. The molecular weight excluding hydrogens is 296 g/mol. The third-order valence-corrected chi connectivity index (χ3v) is 3.81. The maximum Gasteiger partial charge on any atom is 0.205 e. The molecule has 5 nitrogen and oxygen atoms in total. The number of hydrogen-bond donors (Lipinski definition) is 2. The minimum atomic E-state index is 0.501. The average Bonchev–Trinajstić information content (AvgIpc) is 2.86. The lowest BCUT2D eigenvalue weighted by Crippen LogP contribution is -2.02. The Morgan fingerprint density at radius 1 is 1.45 bits per heavy atom. The van der Waals surface area contributed by atoms with E-state index in [1.165, 1.54) is 11.3 Å². The second kappa shape index (κ2) is 7.79. The van der Waals surface area contributed by atoms with Crippen LogP contribution in [0.2, 0.25) is 0 Å². The van der Waals surface area contributed by atoms with Crippen molar-refractivity contribution < 1.29 is 4.74 Å². The summed E-state index contributed by atoms with van der Waals surface area (Å²) in [6, 6.07) is 6.02. The first-order chi connectivity index (χ1) is 10.5. The van der Waals surface area contributed by atoms with Crippen LogP contribution in [0.5, 0.6) is 5.75 Å². The number of hydrogen-bond acceptors (Lipinski definition) is 6. The number of nitrogen functional groups attached to an aromatic ring is 1. The summed E-state index contributed by atoms with van der Waals surface area (Å²) in [7, 11) is 0. The topological polar surface area (TPSA) is 72.5 Å². The van der Waals surface area contributed by atoms with Gasteiger partial charge in [0.1, 0.15) is 11.6 Å². The Hall–Kier alpha value is -2.08. The maximum atomic E-state index is 5.80. The van der Waals surface area contributed by atoms with Crippen molar-refractivity contribution in [3.05, 3.63) is 34.7 Å². The minimum absolute atomic E-state index is 0.501. The van der Waals surface area contributed by atoms with Gasteiger partial charge in [0.05, 0.1) is 12.8 Å². The fraction of sp³-hybridized carbons (Fsp3) is 0.375. The highest BCUT2D eigenvalue weighted by Gasteiger charge is 2.02. The summed E-state index contributed by atoms with van der Waals surface area (Å²) in [6.07, 6.45) is 2.81. The molecule has 0 saturated carbocycles. The van der Waals surface area contributed by atoms with E-state index in [-0.39, 0.29) is 0 Å². The first-order valence-electron chi connectivity index (χ1n) is 7.28. The van der Waals surface area contributed by atoms with Gasteiger partial charge < -0.3 is 10.5 Å². The minimum Gasteiger partial charge on any atom is -0.493 e. The standard InChI is InChI=1S/C16H22N4OS/c1-11(2)6-7-21-14-5-4-13(8-12(14)3)9-18-20-16-19-15(17)10-22-16/h4-5,8-11H,6-7,17H2,1-3H3,(H,19,20). The van der Waals surface area contributed by atoms with Crippen LogP contribution in [0, 0.1) is 12.8 Å². The van der Waals surface area contributed by atoms with Crippen LogP contribution < -0.4 is 15.9 Å². The molecular formula is C16H22N4OS. The first-order valence-corrected chi connectivity index (χ1v) is 8.16. The molecule has 0 atom stereocenters. The van der Waals surface area contributed by atoms with Gasteiger partial charge in [-0.25, -0.2) is 4.98 Å². The molecule has 22 heavy (non-hydrogen) atoms. The molecule has 2 rings (SSSR count). The summed E-state index contributed by atoms with van der Waals surface area (Å²) in [6.45, 7) is 7.17. The molecule has 0 aliphatic carbocycles. The van der Waals surface area contributed by atoms with Crippen molar-refractivity contribution >= 4 is 28.5 Å². The van der Waals surface area contributed by atoms with Gasteiger partial charge in [0.15, 0.2) is 0 Å². The molecule has 3 N–H and O–H groups in total. The summed E-state index contributed by atoms with van der Waals surface area (Å²) < 4.78 is 5.80. The Morgan fingerprint density at radius 3 is 2.91 bits per heavy atom. The van der Waals surface area contributed by atoms with Gasteiger partial charge in [-0.2, -0.15) is 5.10 Å². The molecule has 0 radical (unpaired) electrons. The second-order valence-electron chi connectivity index (χ2n) is 5.50. The van der Waals surface area contributed by atoms with E-state index >= 15 is 0 Å². The molecule has 0 unspecified atom stereocenters. The molecule has 0 fully saturated rings. The Kier molecular flexibility index (Phi) is 5.77. The van der Waals surface area contributed by atoms with E-state index in [0.29, 0.717) is 16.9 Å². The lowest BCUT2D eigenvalue weighted by molar-refractivity contribution is 0.288. The Balaban J connectivity index is 1.91. The van der Waals surface area contributed by atoms with Crippen LogP contribution in [0.25, 0.3) is 0 Å². The summed E-state index contributed by atoms with van der Waals surface area (Å²) in [5.74, 6) is 2.08. The highest BCUT2D eigenvalue weighted by Crippen LogP contribution is 2.19. The van der Waals surface area contributed by atoms with Gasteiger partial charge >= 0.3 is 0 Å². The zero-order chi connectivity index (χ0) is 15.9. The van der Waals surface area contributed by atoms with Gasteiger partial charge in [0, 0.05) is 5.38 Å². The molecule has 0 spiro atoms. The van der Waals surface area contributed by atoms with Gasteiger partial charge in [0.25, 0.3) is 0 Å². The van der Waals surface area contributed by atoms with Crippen LogP contribution in [0.4, 0.5) is 10.9 Å². The van der Waals surface area contributed by atoms with Crippen molar-refractivity contribution in [2.45, 2.75) is 27.2 Å². The molecule has 0 aliphatic rings. The second-order valence-corrected chi connectivity index (χ2v) is 6.36. The van der Waals surface area contributed by atoms with E-state index in [1.54, 1.807) is 11.6 Å². The third-order valence-electron chi connectivity index (χ3n) is 3.05. The Bertz CT molecular complexity index is 637. The van der Waals surface area contributed by atoms with E-state index < -0.39 is 0 Å². The zero-order valence-corrected chi connectivity index (χ0v) is 14.0. The van der Waals surface area contributed by atoms with Crippen molar-refractivity contribution in [1.29, 1.82) is 0 Å². The molecule has 1 aromatic carbocycles. The fourth-order valence-electron chi connectivity index (χ4n) is 1.82. The van der Waals surface area contributed by atoms with Crippen molar-refractivity contribution in [3.8, 4) is 5.75 Å². The predicted molar refractivity (Wildman–Crippen MR) is 93.9 cm³/mol. The Morgan fingerprint density at radius 2 is 2.27 bits per heavy atom. The van der Waals surface area contributed by atoms with Gasteiger partial charge in [0.2, 0.25) is 5.13 Å². The monoisotopic (exact) mass is 318 g/mol. The maximum absolute atomic E-state index is 5.80. The summed E-state index contributed by atoms with van der Waals surface area (Å²) in [4.78, 5) is 4.07. The fourth-order valence-corrected chi connectivity index (χ4v) is 2.37. The number of ether oxygens (including phenoxy) is 1. The van der Waals surface area contributed by atoms with E-state index in [0.717, 1.165) is 29.9 Å². The van der Waals surface area contributed by atoms with Crippen LogP contribution in [-0.2, 0) is 0 Å². The van der Waals surface area contributed by atoms with Crippen LogP contribution in [0.15, 0.2) is 28.7 Å². The predicted octanol–water partition coefficient (Wildman–Crippen LogP) is 3.90. The summed E-state index contributed by atoms with van der Waals surface area (Å²) in [5.41, 5.74) is 10.5. The number of nitrogens with one attached hydrogen (secondary N) is 1. The van der Waals surface area contributed by atoms with Gasteiger partial charge in [-0.3, -0.25) is 5.43 Å². The van der Waals surface area contributed by atoms with E-state index in [1.807, 2.05) is 25.1 Å². The number of anilines is 2. The highest BCUT2D eigenvalue weighted by atomic mass is 32.1. The first kappa shape index (κ1) is 16.3. The quantitative estimate of drug-likeness (QED) is 0.600. The Labute approximate surface area is 135 Å². The molecule has 0 amide bonds. The molecule has 1 aromatic heterocycles. The van der Waals surface area contributed by atoms with Gasteiger partial charge in [-0.1, -0.05) is 13.8 Å². The molecule has 0 aliphatic heterocycles. The summed E-state index contributed by atoms with van der Waals surface area (Å²) in [5, 5.41) is 6.61. The average molecular weight is 318 g/mol. The molecule has 118 valence electrons. The largest absolute Gasteiger partial charge is 0.493 e. The van der Waals surface area contributed by atoms with Gasteiger partial charge in [-0.15, -0.1) is 11.3 Å². The highest BCUT2D eigenvalue weighted by molar-refractivity contribution is 7.14. The number of nitrogens with zero attached hydrogens (tertiary/aromatic N) is 2. The number of hydrazone groups is 1. The molecule has 6 heteroatoms. The molecule has 0 bridgehead atoms. The van der Waals surface area contributed by atoms with Crippen LogP contribution in [-0.4, -0.2) is 17.8 Å². The number of thiazole rings is 1. The number of aromatic nitrogens is 1. The molecule has 2 aromatic rings. The van der Waals surface area contributed by atoms with Crippen molar-refractivity contribution in [2.24, 2.45) is 11.0 Å². The number of nitrogens with two attached hydrogens (primary N) is 1. The van der Waals surface area contributed by atoms with Gasteiger partial charge in [-0.05, 0) is 48.6 Å². The summed E-state index contributed by atoms with van der Waals surface area (Å²) >= 11 is 1.42. The molecule has 0 saturated heterocycles. The van der Waals surface area contributed by atoms with Crippen molar-refractivity contribution in [2.75, 3.05) is 17.8 Å². The van der Waals surface area contributed by atoms with Crippen molar-refractivity contribution in [1.82, 2.24) is 4.98 Å². The number of benzene rings is 1. The molecule has 1 heterocycles. The van der Waals surface area contributed by atoms with Crippen LogP contribution in [0.1, 0.15) is 31.4 Å². The van der Waals surface area contributed by atoms with E-state index in [2.05, 4.69) is 29.4 Å². The van der Waals surface area contributed by atoms with Crippen LogP contribution in [0.3, 0.4) is 0 Å². The smallest absolute Gasteiger partial charge is 0.205 e. The van der Waals surface area contributed by atoms with E-state index in [9.17, 15) is 0 Å². The third kappa shape index (κ3) is 5.04. The van der Waals surface area contributed by atoms with E-state index in [4.69, 9.17) is 10.5 Å². The number of aryl methyl sites for hydroxylation is 1. The lowest BCUT2D eigenvalue weighted by Gasteiger charge is -2.10. The van der Waals surface area contributed by atoms with Crippen molar-refractivity contribution in [3.63, 3.8) is 0 Å². The SMILES string of the molecule is Cc1cc(C=NNc2nc(N)cs2)ccc1OCCC(C)C. The normalized spacial score (nSPS) is 11.3. The number of rotatable bonds is 7.